The molecule has 1 amide bonds. The van der Waals surface area contributed by atoms with Gasteiger partial charge in [-0.05, 0) is 92.6 Å². The number of fused-ring (bicyclic) bond motifs is 1. The van der Waals surface area contributed by atoms with E-state index in [1.165, 1.54) is 0 Å². The monoisotopic (exact) mass is 584 g/mol. The van der Waals surface area contributed by atoms with Crippen molar-refractivity contribution in [1.29, 1.82) is 0 Å². The average Bonchev–Trinajstić information content (AvgIpc) is 3.62. The van der Waals surface area contributed by atoms with Crippen molar-refractivity contribution in [3.05, 3.63) is 94.4 Å². The number of nitrogens with one attached hydrogen (secondary N) is 1. The van der Waals surface area contributed by atoms with Gasteiger partial charge >= 0.3 is 0 Å². The van der Waals surface area contributed by atoms with Crippen LogP contribution in [0.3, 0.4) is 0 Å². The summed E-state index contributed by atoms with van der Waals surface area (Å²) in [4.78, 5) is 22.8. The molecule has 218 valence electrons. The molecule has 3 fully saturated rings. The van der Waals surface area contributed by atoms with Crippen molar-refractivity contribution in [1.82, 2.24) is 24.8 Å². The maximum Gasteiger partial charge on any atom is 0.254 e. The Kier molecular flexibility index (Phi) is 7.16. The fourth-order valence-electron chi connectivity index (χ4n) is 7.18. The van der Waals surface area contributed by atoms with E-state index in [1.807, 2.05) is 65.3 Å². The number of hydrogen-bond acceptors (Lipinski definition) is 6. The van der Waals surface area contributed by atoms with Crippen molar-refractivity contribution in [2.45, 2.75) is 56.1 Å². The molecule has 8 nitrogen and oxygen atoms in total. The van der Waals surface area contributed by atoms with Crippen LogP contribution in [0, 0.1) is 0 Å². The van der Waals surface area contributed by atoms with Gasteiger partial charge in [0.15, 0.2) is 11.5 Å². The molecule has 2 aromatic carbocycles. The maximum absolute atomic E-state index is 13.5. The minimum atomic E-state index is -0.860. The van der Waals surface area contributed by atoms with E-state index in [1.54, 1.807) is 0 Å². The summed E-state index contributed by atoms with van der Waals surface area (Å²) in [6, 6.07) is 19.6. The third-order valence-electron chi connectivity index (χ3n) is 9.55. The van der Waals surface area contributed by atoms with Crippen LogP contribution in [0.4, 0.5) is 5.69 Å². The first-order chi connectivity index (χ1) is 20.4. The van der Waals surface area contributed by atoms with Crippen molar-refractivity contribution in [2.24, 2.45) is 0 Å². The second-order valence-corrected chi connectivity index (χ2v) is 12.6. The van der Waals surface area contributed by atoms with Crippen LogP contribution in [0.25, 0.3) is 5.65 Å². The number of anilines is 1. The van der Waals surface area contributed by atoms with Crippen LogP contribution < -0.4 is 10.2 Å². The van der Waals surface area contributed by atoms with E-state index in [9.17, 15) is 9.90 Å². The van der Waals surface area contributed by atoms with E-state index in [-0.39, 0.29) is 11.4 Å². The molecule has 1 atom stereocenters. The number of aliphatic hydroxyl groups is 1. The summed E-state index contributed by atoms with van der Waals surface area (Å²) in [5.74, 6) is 0.880. The molecular weight excluding hydrogens is 548 g/mol. The summed E-state index contributed by atoms with van der Waals surface area (Å²) in [5, 5.41) is 20.3. The summed E-state index contributed by atoms with van der Waals surface area (Å²) in [5.41, 5.74) is 3.69. The largest absolute Gasteiger partial charge is 0.385 e. The van der Waals surface area contributed by atoms with E-state index in [4.69, 9.17) is 21.7 Å². The maximum atomic E-state index is 13.5. The number of rotatable bonds is 5. The number of pyridine rings is 1. The molecule has 5 heterocycles. The van der Waals surface area contributed by atoms with Crippen LogP contribution in [0.5, 0.6) is 0 Å². The third-order valence-corrected chi connectivity index (χ3v) is 9.80. The Labute approximate surface area is 251 Å². The highest BCUT2D eigenvalue weighted by atomic mass is 35.5. The summed E-state index contributed by atoms with van der Waals surface area (Å²) in [6.07, 6.45) is 8.14. The minimum Gasteiger partial charge on any atom is -0.385 e. The molecule has 2 N–H and O–H groups in total. The van der Waals surface area contributed by atoms with E-state index in [0.717, 1.165) is 79.2 Å². The van der Waals surface area contributed by atoms with Gasteiger partial charge < -0.3 is 20.2 Å². The van der Waals surface area contributed by atoms with Crippen LogP contribution in [0.15, 0.2) is 66.9 Å². The van der Waals surface area contributed by atoms with Crippen molar-refractivity contribution >= 4 is 28.8 Å². The van der Waals surface area contributed by atoms with Crippen LogP contribution >= 0.6 is 11.6 Å². The van der Waals surface area contributed by atoms with E-state index >= 15 is 0 Å². The molecule has 0 saturated carbocycles. The Morgan fingerprint density at radius 2 is 1.71 bits per heavy atom. The highest BCUT2D eigenvalue weighted by molar-refractivity contribution is 6.30. The molecule has 0 bridgehead atoms. The summed E-state index contributed by atoms with van der Waals surface area (Å²) in [7, 11) is 0. The van der Waals surface area contributed by atoms with Crippen LogP contribution in [-0.4, -0.2) is 68.8 Å². The molecule has 3 aliphatic rings. The average molecular weight is 585 g/mol. The Hall–Kier alpha value is -3.46. The number of halogens is 1. The van der Waals surface area contributed by atoms with Gasteiger partial charge in [0.1, 0.15) is 0 Å². The van der Waals surface area contributed by atoms with Crippen molar-refractivity contribution in [3.8, 4) is 0 Å². The van der Waals surface area contributed by atoms with E-state index in [2.05, 4.69) is 21.2 Å². The summed E-state index contributed by atoms with van der Waals surface area (Å²) >= 11 is 6.06. The van der Waals surface area contributed by atoms with Crippen molar-refractivity contribution < 1.29 is 9.90 Å². The number of carbonyl (C=O) groups is 1. The van der Waals surface area contributed by atoms with Gasteiger partial charge in [-0.15, -0.1) is 0 Å². The van der Waals surface area contributed by atoms with Gasteiger partial charge in [0.05, 0.1) is 16.8 Å². The van der Waals surface area contributed by atoms with Gasteiger partial charge in [0.25, 0.3) is 5.91 Å². The fraction of sp³-hybridized carbons (Fsp3) is 0.424. The lowest BCUT2D eigenvalue weighted by atomic mass is 9.84. The van der Waals surface area contributed by atoms with Crippen LogP contribution in [-0.2, 0) is 12.0 Å². The first-order valence-electron chi connectivity index (χ1n) is 15.1. The van der Waals surface area contributed by atoms with Gasteiger partial charge in [-0.2, -0.15) is 5.10 Å². The summed E-state index contributed by atoms with van der Waals surface area (Å²) in [6.45, 7) is 4.21. The molecule has 1 unspecified atom stereocenters. The highest BCUT2D eigenvalue weighted by Crippen LogP contribution is 2.37. The Bertz CT molecular complexity index is 1570. The molecule has 2 aromatic heterocycles. The topological polar surface area (TPSA) is 86.0 Å². The highest BCUT2D eigenvalue weighted by Gasteiger charge is 2.44. The number of likely N-dealkylation sites (tertiary alicyclic amines) is 1. The predicted octanol–water partition coefficient (Wildman–Crippen LogP) is 4.82. The molecular formula is C33H37ClN6O2. The smallest absolute Gasteiger partial charge is 0.254 e. The number of carbonyl (C=O) groups excluding carboxylic acids is 1. The van der Waals surface area contributed by atoms with Gasteiger partial charge in [0.2, 0.25) is 0 Å². The van der Waals surface area contributed by atoms with Crippen molar-refractivity contribution in [2.75, 3.05) is 37.6 Å². The molecule has 42 heavy (non-hydrogen) atoms. The lowest BCUT2D eigenvalue weighted by Crippen LogP contribution is -2.56. The van der Waals surface area contributed by atoms with Gasteiger partial charge in [-0.3, -0.25) is 4.79 Å². The molecule has 0 aliphatic carbocycles. The third kappa shape index (κ3) is 5.06. The molecule has 1 spiro atoms. The predicted molar refractivity (Wildman–Crippen MR) is 164 cm³/mol. The summed E-state index contributed by atoms with van der Waals surface area (Å²) < 4.78 is 1.84. The number of piperidine rings is 2. The molecule has 3 saturated heterocycles. The molecule has 9 heteroatoms. The second kappa shape index (κ2) is 11.0. The number of amides is 1. The minimum absolute atomic E-state index is 0.0188. The van der Waals surface area contributed by atoms with Crippen molar-refractivity contribution in [3.63, 3.8) is 0 Å². The Morgan fingerprint density at radius 1 is 0.952 bits per heavy atom. The number of benzene rings is 2. The second-order valence-electron chi connectivity index (χ2n) is 12.2. The standard InChI is InChI=1S/C33H37ClN6O2/c34-27-11-9-26(10-12-27)33(42)15-20-38(21-16-33)28-4-1-19-40-30(28)36-29(37-40)22-24-5-7-25(8-6-24)31(41)39-18-3-14-32(39)13-2-17-35-23-32/h1,4-12,19,35,42H,2-3,13-18,20-23H2. The first-order valence-corrected chi connectivity index (χ1v) is 15.5. The van der Waals surface area contributed by atoms with E-state index < -0.39 is 5.60 Å². The quantitative estimate of drug-likeness (QED) is 0.350. The number of hydrogen-bond donors (Lipinski definition) is 2. The van der Waals surface area contributed by atoms with E-state index in [0.29, 0.717) is 37.4 Å². The molecule has 0 radical (unpaired) electrons. The Morgan fingerprint density at radius 3 is 2.45 bits per heavy atom. The molecule has 7 rings (SSSR count). The molecule has 4 aromatic rings. The zero-order valence-electron chi connectivity index (χ0n) is 23.8. The number of nitrogens with zero attached hydrogens (tertiary/aromatic N) is 5. The SMILES string of the molecule is O=C(c1ccc(Cc2nc3c(N4CCC(O)(c5ccc(Cl)cc5)CC4)cccn3n2)cc1)N1CCCC12CCCNC2. The lowest BCUT2D eigenvalue weighted by Gasteiger charge is -2.42. The lowest BCUT2D eigenvalue weighted by molar-refractivity contribution is 0.0118. The number of aromatic nitrogens is 3. The van der Waals surface area contributed by atoms with Gasteiger partial charge in [-0.1, -0.05) is 35.9 Å². The fourth-order valence-corrected chi connectivity index (χ4v) is 7.30. The van der Waals surface area contributed by atoms with Gasteiger partial charge in [0, 0.05) is 49.4 Å². The van der Waals surface area contributed by atoms with Crippen LogP contribution in [0.2, 0.25) is 5.02 Å². The van der Waals surface area contributed by atoms with Gasteiger partial charge in [-0.25, -0.2) is 9.50 Å². The normalized spacial score (nSPS) is 22.2. The molecule has 3 aliphatic heterocycles. The Balaban J connectivity index is 1.04. The first kappa shape index (κ1) is 27.4. The zero-order chi connectivity index (χ0) is 28.7. The zero-order valence-corrected chi connectivity index (χ0v) is 24.6. The van der Waals surface area contributed by atoms with Crippen LogP contribution in [0.1, 0.15) is 65.8 Å².